The second kappa shape index (κ2) is 6.67. The van der Waals surface area contributed by atoms with Crippen LogP contribution in [0.4, 0.5) is 11.4 Å². The van der Waals surface area contributed by atoms with Gasteiger partial charge in [-0.25, -0.2) is 0 Å². The van der Waals surface area contributed by atoms with Crippen LogP contribution in [0.2, 0.25) is 0 Å². The molecule has 0 spiro atoms. The summed E-state index contributed by atoms with van der Waals surface area (Å²) in [6, 6.07) is 4.76. The standard InChI is InChI=1S/C15H21N3O3/c1-3-16-9-11(2)10-17-14-6-5-13(18(20)21)8-12(14)4-7-15(17)19/h5-6,8,11,16H,3-4,7,9-10H2,1-2H3. The van der Waals surface area contributed by atoms with Crippen molar-refractivity contribution in [1.29, 1.82) is 0 Å². The molecule has 1 aliphatic rings. The van der Waals surface area contributed by atoms with Gasteiger partial charge >= 0.3 is 0 Å². The van der Waals surface area contributed by atoms with Crippen molar-refractivity contribution in [3.8, 4) is 0 Å². The van der Waals surface area contributed by atoms with Gasteiger partial charge in [0, 0.05) is 30.8 Å². The highest BCUT2D eigenvalue weighted by Crippen LogP contribution is 2.31. The summed E-state index contributed by atoms with van der Waals surface area (Å²) < 4.78 is 0. The van der Waals surface area contributed by atoms with Crippen molar-refractivity contribution >= 4 is 17.3 Å². The molecule has 1 aromatic rings. The van der Waals surface area contributed by atoms with E-state index in [9.17, 15) is 14.9 Å². The Kier molecular flexibility index (Phi) is 4.90. The molecule has 0 radical (unpaired) electrons. The summed E-state index contributed by atoms with van der Waals surface area (Å²) in [4.78, 5) is 24.4. The SMILES string of the molecule is CCNCC(C)CN1C(=O)CCc2cc([N+](=O)[O-])ccc21. The average molecular weight is 291 g/mol. The number of anilines is 1. The molecule has 21 heavy (non-hydrogen) atoms. The van der Waals surface area contributed by atoms with E-state index in [4.69, 9.17) is 0 Å². The van der Waals surface area contributed by atoms with Crippen LogP contribution in [0.25, 0.3) is 0 Å². The fourth-order valence-corrected chi connectivity index (χ4v) is 2.63. The number of amides is 1. The highest BCUT2D eigenvalue weighted by atomic mass is 16.6. The minimum Gasteiger partial charge on any atom is -0.317 e. The molecule has 0 bridgehead atoms. The number of hydrogen-bond donors (Lipinski definition) is 1. The number of nitro groups is 1. The largest absolute Gasteiger partial charge is 0.317 e. The van der Waals surface area contributed by atoms with Crippen LogP contribution in [-0.4, -0.2) is 30.5 Å². The van der Waals surface area contributed by atoms with Crippen molar-refractivity contribution in [3.05, 3.63) is 33.9 Å². The van der Waals surface area contributed by atoms with E-state index in [0.29, 0.717) is 25.3 Å². The highest BCUT2D eigenvalue weighted by molar-refractivity contribution is 5.96. The van der Waals surface area contributed by atoms with E-state index < -0.39 is 4.92 Å². The Morgan fingerprint density at radius 3 is 2.86 bits per heavy atom. The molecule has 0 fully saturated rings. The molecular weight excluding hydrogens is 270 g/mol. The molecule has 1 aliphatic heterocycles. The normalized spacial score (nSPS) is 15.7. The molecule has 1 N–H and O–H groups in total. The predicted molar refractivity (Wildman–Crippen MR) is 81.5 cm³/mol. The van der Waals surface area contributed by atoms with Crippen LogP contribution in [0.3, 0.4) is 0 Å². The van der Waals surface area contributed by atoms with Gasteiger partial charge in [-0.3, -0.25) is 14.9 Å². The molecule has 1 atom stereocenters. The van der Waals surface area contributed by atoms with Gasteiger partial charge in [0.1, 0.15) is 0 Å². The summed E-state index contributed by atoms with van der Waals surface area (Å²) in [6.07, 6.45) is 0.996. The van der Waals surface area contributed by atoms with E-state index in [2.05, 4.69) is 12.2 Å². The van der Waals surface area contributed by atoms with E-state index in [1.165, 1.54) is 6.07 Å². The summed E-state index contributed by atoms with van der Waals surface area (Å²) in [5.74, 6) is 0.426. The molecule has 2 rings (SSSR count). The van der Waals surface area contributed by atoms with Crippen LogP contribution in [0.15, 0.2) is 18.2 Å². The maximum atomic E-state index is 12.2. The molecule has 6 heteroatoms. The van der Waals surface area contributed by atoms with Crippen LogP contribution in [0.5, 0.6) is 0 Å². The number of carbonyl (C=O) groups excluding carboxylic acids is 1. The van der Waals surface area contributed by atoms with Gasteiger partial charge in [0.2, 0.25) is 5.91 Å². The third-order valence-electron chi connectivity index (χ3n) is 3.71. The lowest BCUT2D eigenvalue weighted by Crippen LogP contribution is -2.40. The molecule has 114 valence electrons. The molecular formula is C15H21N3O3. The predicted octanol–water partition coefficient (Wildman–Crippen LogP) is 2.12. The lowest BCUT2D eigenvalue weighted by molar-refractivity contribution is -0.384. The van der Waals surface area contributed by atoms with E-state index in [0.717, 1.165) is 24.3 Å². The number of fused-ring (bicyclic) bond motifs is 1. The van der Waals surface area contributed by atoms with Crippen LogP contribution >= 0.6 is 0 Å². The first-order chi connectivity index (χ1) is 10.0. The van der Waals surface area contributed by atoms with Gasteiger partial charge < -0.3 is 10.2 Å². The molecule has 0 aromatic heterocycles. The minimum atomic E-state index is -0.394. The summed E-state index contributed by atoms with van der Waals surface area (Å²) in [5, 5.41) is 14.1. The zero-order chi connectivity index (χ0) is 15.4. The van der Waals surface area contributed by atoms with Gasteiger partial charge in [-0.05, 0) is 37.1 Å². The molecule has 0 saturated heterocycles. The van der Waals surface area contributed by atoms with Gasteiger partial charge in [-0.1, -0.05) is 13.8 Å². The zero-order valence-electron chi connectivity index (χ0n) is 12.5. The highest BCUT2D eigenvalue weighted by Gasteiger charge is 2.26. The number of aryl methyl sites for hydroxylation is 1. The molecule has 1 aromatic carbocycles. The number of carbonyl (C=O) groups is 1. The Bertz CT molecular complexity index is 545. The van der Waals surface area contributed by atoms with Gasteiger partial charge in [0.05, 0.1) is 4.92 Å². The number of nitrogens with one attached hydrogen (secondary N) is 1. The van der Waals surface area contributed by atoms with Crippen molar-refractivity contribution in [3.63, 3.8) is 0 Å². The Morgan fingerprint density at radius 1 is 1.43 bits per heavy atom. The quantitative estimate of drug-likeness (QED) is 0.643. The van der Waals surface area contributed by atoms with Crippen molar-refractivity contribution in [1.82, 2.24) is 5.32 Å². The molecule has 1 heterocycles. The first-order valence-electron chi connectivity index (χ1n) is 7.31. The molecule has 0 aliphatic carbocycles. The maximum absolute atomic E-state index is 12.2. The van der Waals surface area contributed by atoms with Crippen LogP contribution in [-0.2, 0) is 11.2 Å². The zero-order valence-corrected chi connectivity index (χ0v) is 12.5. The van der Waals surface area contributed by atoms with Crippen LogP contribution in [0, 0.1) is 16.0 Å². The van der Waals surface area contributed by atoms with Crippen LogP contribution in [0.1, 0.15) is 25.8 Å². The summed E-state index contributed by atoms with van der Waals surface area (Å²) in [7, 11) is 0. The summed E-state index contributed by atoms with van der Waals surface area (Å²) in [5.41, 5.74) is 1.79. The number of nitro benzene ring substituents is 1. The summed E-state index contributed by atoms with van der Waals surface area (Å²) >= 11 is 0. The number of non-ortho nitro benzene ring substituents is 1. The molecule has 6 nitrogen and oxygen atoms in total. The van der Waals surface area contributed by atoms with E-state index in [1.807, 2.05) is 6.92 Å². The third-order valence-corrected chi connectivity index (χ3v) is 3.71. The Balaban J connectivity index is 2.20. The second-order valence-electron chi connectivity index (χ2n) is 5.49. The maximum Gasteiger partial charge on any atom is 0.269 e. The van der Waals surface area contributed by atoms with Gasteiger partial charge in [-0.2, -0.15) is 0 Å². The lowest BCUT2D eigenvalue weighted by Gasteiger charge is -2.31. The number of nitrogens with zero attached hydrogens (tertiary/aromatic N) is 2. The third kappa shape index (κ3) is 3.58. The average Bonchev–Trinajstić information content (AvgIpc) is 2.47. The van der Waals surface area contributed by atoms with Gasteiger partial charge in [0.15, 0.2) is 0 Å². The van der Waals surface area contributed by atoms with E-state index >= 15 is 0 Å². The Morgan fingerprint density at radius 2 is 2.19 bits per heavy atom. The Labute approximate surface area is 124 Å². The van der Waals surface area contributed by atoms with E-state index in [1.54, 1.807) is 17.0 Å². The number of benzene rings is 1. The molecule has 1 amide bonds. The topological polar surface area (TPSA) is 75.5 Å². The fourth-order valence-electron chi connectivity index (χ4n) is 2.63. The van der Waals surface area contributed by atoms with Crippen molar-refractivity contribution in [2.45, 2.75) is 26.7 Å². The van der Waals surface area contributed by atoms with Crippen molar-refractivity contribution in [2.24, 2.45) is 5.92 Å². The smallest absolute Gasteiger partial charge is 0.269 e. The summed E-state index contributed by atoms with van der Waals surface area (Å²) in [6.45, 7) is 6.53. The first kappa shape index (κ1) is 15.4. The minimum absolute atomic E-state index is 0.0868. The van der Waals surface area contributed by atoms with Gasteiger partial charge in [-0.15, -0.1) is 0 Å². The van der Waals surface area contributed by atoms with Crippen LogP contribution < -0.4 is 10.2 Å². The number of hydrogen-bond acceptors (Lipinski definition) is 4. The first-order valence-corrected chi connectivity index (χ1v) is 7.31. The Hall–Kier alpha value is -1.95. The van der Waals surface area contributed by atoms with E-state index in [-0.39, 0.29) is 11.6 Å². The van der Waals surface area contributed by atoms with Crippen molar-refractivity contribution in [2.75, 3.05) is 24.5 Å². The lowest BCUT2D eigenvalue weighted by atomic mass is 9.99. The monoisotopic (exact) mass is 291 g/mol. The van der Waals surface area contributed by atoms with Crippen molar-refractivity contribution < 1.29 is 9.72 Å². The molecule has 1 unspecified atom stereocenters. The fraction of sp³-hybridized carbons (Fsp3) is 0.533. The number of rotatable bonds is 6. The second-order valence-corrected chi connectivity index (χ2v) is 5.49. The van der Waals surface area contributed by atoms with Gasteiger partial charge in [0.25, 0.3) is 5.69 Å². The molecule has 0 saturated carbocycles.